The summed E-state index contributed by atoms with van der Waals surface area (Å²) in [6, 6.07) is 12.4. The Kier molecular flexibility index (Phi) is 4.68. The second-order valence-electron chi connectivity index (χ2n) is 6.47. The molecule has 1 aliphatic rings. The molecule has 3 nitrogen and oxygen atoms in total. The van der Waals surface area contributed by atoms with Crippen molar-refractivity contribution < 1.29 is 8.78 Å². The number of imidazole rings is 1. The summed E-state index contributed by atoms with van der Waals surface area (Å²) in [6.45, 7) is 3.49. The second-order valence-corrected chi connectivity index (χ2v) is 7.72. The van der Waals surface area contributed by atoms with Crippen molar-refractivity contribution in [2.75, 3.05) is 11.4 Å². The van der Waals surface area contributed by atoms with Gasteiger partial charge in [-0.15, -0.1) is 11.8 Å². The van der Waals surface area contributed by atoms with Crippen molar-refractivity contribution in [1.29, 1.82) is 0 Å². The Morgan fingerprint density at radius 1 is 1.19 bits per heavy atom. The van der Waals surface area contributed by atoms with Gasteiger partial charge >= 0.3 is 0 Å². The van der Waals surface area contributed by atoms with E-state index in [4.69, 9.17) is 0 Å². The summed E-state index contributed by atoms with van der Waals surface area (Å²) in [5, 5.41) is 0.0783. The summed E-state index contributed by atoms with van der Waals surface area (Å²) in [5.74, 6) is -0.667. The fourth-order valence-electron chi connectivity index (χ4n) is 3.26. The van der Waals surface area contributed by atoms with E-state index in [-0.39, 0.29) is 5.25 Å². The molecule has 26 heavy (non-hydrogen) atoms. The summed E-state index contributed by atoms with van der Waals surface area (Å²) in [7, 11) is 0. The summed E-state index contributed by atoms with van der Waals surface area (Å²) in [6.07, 6.45) is 2.67. The van der Waals surface area contributed by atoms with Gasteiger partial charge in [0.25, 0.3) is 0 Å². The zero-order chi connectivity index (χ0) is 18.1. The maximum absolute atomic E-state index is 13.7. The van der Waals surface area contributed by atoms with Gasteiger partial charge in [0, 0.05) is 28.6 Å². The first-order chi connectivity index (χ1) is 12.6. The average Bonchev–Trinajstić information content (AvgIpc) is 2.95. The zero-order valence-electron chi connectivity index (χ0n) is 14.4. The van der Waals surface area contributed by atoms with Gasteiger partial charge in [0.2, 0.25) is 0 Å². The first-order valence-electron chi connectivity index (χ1n) is 8.56. The van der Waals surface area contributed by atoms with Crippen molar-refractivity contribution in [2.45, 2.75) is 30.0 Å². The lowest BCUT2D eigenvalue weighted by Gasteiger charge is -2.23. The topological polar surface area (TPSA) is 31.9 Å². The number of hydrogen-bond donors (Lipinski definition) is 1. The standard InChI is InChI=1S/C20H19F2N3S/c1-13-11-23-20(24-13)12-25-9-8-18(14-6-7-15(21)16(22)10-14)26-19-5-3-2-4-17(19)25/h2-7,10-11,18H,8-9,12H2,1H3,(H,23,24). The number of nitrogens with one attached hydrogen (secondary N) is 1. The Labute approximate surface area is 155 Å². The van der Waals surface area contributed by atoms with E-state index in [2.05, 4.69) is 27.0 Å². The minimum Gasteiger partial charge on any atom is -0.363 e. The van der Waals surface area contributed by atoms with Gasteiger partial charge < -0.3 is 9.88 Å². The van der Waals surface area contributed by atoms with Gasteiger partial charge in [0.05, 0.1) is 12.2 Å². The molecule has 0 bridgehead atoms. The van der Waals surface area contributed by atoms with Gasteiger partial charge in [-0.05, 0) is 43.2 Å². The Bertz CT molecular complexity index is 925. The number of hydrogen-bond acceptors (Lipinski definition) is 3. The van der Waals surface area contributed by atoms with Crippen molar-refractivity contribution >= 4 is 17.4 Å². The fraction of sp³-hybridized carbons (Fsp3) is 0.250. The third-order valence-electron chi connectivity index (χ3n) is 4.55. The van der Waals surface area contributed by atoms with Crippen LogP contribution >= 0.6 is 11.8 Å². The number of thioether (sulfide) groups is 1. The molecular formula is C20H19F2N3S. The van der Waals surface area contributed by atoms with Crippen LogP contribution in [0.1, 0.15) is 28.8 Å². The van der Waals surface area contributed by atoms with Crippen LogP contribution in [-0.4, -0.2) is 16.5 Å². The fourth-order valence-corrected chi connectivity index (χ4v) is 4.55. The van der Waals surface area contributed by atoms with Crippen LogP contribution in [0.3, 0.4) is 0 Å². The molecule has 2 heterocycles. The van der Waals surface area contributed by atoms with Crippen LogP contribution in [0.25, 0.3) is 0 Å². The molecule has 4 rings (SSSR count). The summed E-state index contributed by atoms with van der Waals surface area (Å²) in [4.78, 5) is 11.1. The third-order valence-corrected chi connectivity index (χ3v) is 5.94. The minimum atomic E-state index is -0.803. The number of anilines is 1. The number of benzene rings is 2. The largest absolute Gasteiger partial charge is 0.363 e. The number of rotatable bonds is 3. The molecule has 1 unspecified atom stereocenters. The molecule has 6 heteroatoms. The van der Waals surface area contributed by atoms with E-state index in [9.17, 15) is 8.78 Å². The number of H-pyrrole nitrogens is 1. The SMILES string of the molecule is Cc1cnc(CN2CCC(c3ccc(F)c(F)c3)Sc3ccccc32)[nH]1. The average molecular weight is 371 g/mol. The van der Waals surface area contributed by atoms with Gasteiger partial charge in [0.15, 0.2) is 11.6 Å². The first-order valence-corrected chi connectivity index (χ1v) is 9.44. The number of aromatic nitrogens is 2. The van der Waals surface area contributed by atoms with E-state index in [1.165, 1.54) is 12.1 Å². The van der Waals surface area contributed by atoms with Crippen molar-refractivity contribution in [3.8, 4) is 0 Å². The lowest BCUT2D eigenvalue weighted by molar-refractivity contribution is 0.506. The number of aryl methyl sites for hydroxylation is 1. The Balaban J connectivity index is 1.64. The highest BCUT2D eigenvalue weighted by atomic mass is 32.2. The molecule has 1 aromatic heterocycles. The minimum absolute atomic E-state index is 0.0783. The molecule has 1 atom stereocenters. The molecular weight excluding hydrogens is 352 g/mol. The number of aromatic amines is 1. The van der Waals surface area contributed by atoms with Crippen LogP contribution in [0.5, 0.6) is 0 Å². The van der Waals surface area contributed by atoms with Crippen LogP contribution in [0.2, 0.25) is 0 Å². The van der Waals surface area contributed by atoms with Crippen molar-refractivity contribution in [3.63, 3.8) is 0 Å². The number of para-hydroxylation sites is 1. The molecule has 0 fully saturated rings. The highest BCUT2D eigenvalue weighted by molar-refractivity contribution is 7.99. The van der Waals surface area contributed by atoms with Crippen molar-refractivity contribution in [3.05, 3.63) is 77.4 Å². The van der Waals surface area contributed by atoms with Gasteiger partial charge in [-0.2, -0.15) is 0 Å². The lowest BCUT2D eigenvalue weighted by atomic mass is 10.1. The molecule has 0 aliphatic carbocycles. The van der Waals surface area contributed by atoms with E-state index >= 15 is 0 Å². The lowest BCUT2D eigenvalue weighted by Crippen LogP contribution is -2.24. The number of nitrogens with zero attached hydrogens (tertiary/aromatic N) is 2. The van der Waals surface area contributed by atoms with E-state index in [1.807, 2.05) is 25.3 Å². The number of fused-ring (bicyclic) bond motifs is 1. The molecule has 1 aliphatic heterocycles. The molecule has 3 aromatic rings. The van der Waals surface area contributed by atoms with Crippen LogP contribution in [0.4, 0.5) is 14.5 Å². The first kappa shape index (κ1) is 17.1. The maximum atomic E-state index is 13.7. The Morgan fingerprint density at radius 2 is 2.04 bits per heavy atom. The third kappa shape index (κ3) is 3.46. The van der Waals surface area contributed by atoms with E-state index < -0.39 is 11.6 Å². The van der Waals surface area contributed by atoms with E-state index in [1.54, 1.807) is 17.8 Å². The van der Waals surface area contributed by atoms with E-state index in [0.717, 1.165) is 40.6 Å². The Morgan fingerprint density at radius 3 is 2.81 bits per heavy atom. The molecule has 134 valence electrons. The maximum Gasteiger partial charge on any atom is 0.159 e. The highest BCUT2D eigenvalue weighted by Gasteiger charge is 2.24. The molecule has 0 amide bonds. The second kappa shape index (κ2) is 7.11. The van der Waals surface area contributed by atoms with E-state index in [0.29, 0.717) is 6.54 Å². The molecule has 0 spiro atoms. The van der Waals surface area contributed by atoms with Crippen LogP contribution < -0.4 is 4.90 Å². The molecule has 0 radical (unpaired) electrons. The van der Waals surface area contributed by atoms with Crippen LogP contribution in [-0.2, 0) is 6.54 Å². The molecule has 2 aromatic carbocycles. The zero-order valence-corrected chi connectivity index (χ0v) is 15.2. The molecule has 0 saturated heterocycles. The smallest absolute Gasteiger partial charge is 0.159 e. The predicted octanol–water partition coefficient (Wildman–Crippen LogP) is 5.24. The number of halogens is 2. The monoisotopic (exact) mass is 371 g/mol. The van der Waals surface area contributed by atoms with Gasteiger partial charge in [-0.25, -0.2) is 13.8 Å². The van der Waals surface area contributed by atoms with Gasteiger partial charge in [-0.3, -0.25) is 0 Å². The van der Waals surface area contributed by atoms with Crippen molar-refractivity contribution in [2.24, 2.45) is 0 Å². The highest BCUT2D eigenvalue weighted by Crippen LogP contribution is 2.45. The normalized spacial score (nSPS) is 17.0. The molecule has 0 saturated carbocycles. The van der Waals surface area contributed by atoms with Gasteiger partial charge in [0.1, 0.15) is 5.82 Å². The molecule has 1 N–H and O–H groups in total. The summed E-state index contributed by atoms with van der Waals surface area (Å²) in [5.41, 5.74) is 3.01. The van der Waals surface area contributed by atoms with Crippen molar-refractivity contribution in [1.82, 2.24) is 9.97 Å². The predicted molar refractivity (Wildman–Crippen MR) is 100 cm³/mol. The quantitative estimate of drug-likeness (QED) is 0.683. The van der Waals surface area contributed by atoms with Crippen LogP contribution in [0.15, 0.2) is 53.6 Å². The Hall–Kier alpha value is -2.34. The summed E-state index contributed by atoms with van der Waals surface area (Å²) < 4.78 is 27.0. The summed E-state index contributed by atoms with van der Waals surface area (Å²) >= 11 is 1.70. The van der Waals surface area contributed by atoms with Crippen LogP contribution in [0, 0.1) is 18.6 Å². The van der Waals surface area contributed by atoms with Gasteiger partial charge in [-0.1, -0.05) is 18.2 Å².